The SMILES string of the molecule is COc1ccc(CN2C(=O)[C@@H](O)[C@@H](O)[C@H](O[Si](C)(C)C(C)(C)C)[C@@H]2CO[Si](C)(C)C(C)(C)C)cc1. The van der Waals surface area contributed by atoms with E-state index >= 15 is 0 Å². The van der Waals surface area contributed by atoms with Crippen LogP contribution in [0.5, 0.6) is 5.75 Å². The van der Waals surface area contributed by atoms with E-state index in [4.69, 9.17) is 13.6 Å². The summed E-state index contributed by atoms with van der Waals surface area (Å²) in [5.74, 6) is 0.221. The smallest absolute Gasteiger partial charge is 0.254 e. The summed E-state index contributed by atoms with van der Waals surface area (Å²) in [5.41, 5.74) is 0.895. The molecule has 0 aromatic heterocycles. The number of benzene rings is 1. The third kappa shape index (κ3) is 6.75. The molecule has 1 saturated heterocycles. The van der Waals surface area contributed by atoms with Crippen molar-refractivity contribution in [2.45, 2.75) is 109 Å². The first kappa shape index (κ1) is 30.0. The lowest BCUT2D eigenvalue weighted by Crippen LogP contribution is -2.68. The molecule has 2 rings (SSSR count). The van der Waals surface area contributed by atoms with Gasteiger partial charge in [-0.1, -0.05) is 53.7 Å². The fourth-order valence-corrected chi connectivity index (χ4v) is 5.90. The number of aliphatic hydroxyl groups is 2. The van der Waals surface area contributed by atoms with Crippen LogP contribution in [0.25, 0.3) is 0 Å². The second-order valence-electron chi connectivity index (χ2n) is 12.7. The van der Waals surface area contributed by atoms with Crippen LogP contribution < -0.4 is 4.74 Å². The van der Waals surface area contributed by atoms with Crippen molar-refractivity contribution < 1.29 is 28.6 Å². The van der Waals surface area contributed by atoms with Gasteiger partial charge in [-0.05, 0) is 54.0 Å². The zero-order valence-corrected chi connectivity index (χ0v) is 25.5. The Balaban J connectivity index is 2.48. The maximum atomic E-state index is 13.3. The van der Waals surface area contributed by atoms with Gasteiger partial charge in [0.15, 0.2) is 22.7 Å². The summed E-state index contributed by atoms with van der Waals surface area (Å²) in [6.45, 7) is 22.0. The van der Waals surface area contributed by atoms with Gasteiger partial charge in [0.05, 0.1) is 25.9 Å². The van der Waals surface area contributed by atoms with Crippen LogP contribution in [0.15, 0.2) is 24.3 Å². The molecule has 7 nitrogen and oxygen atoms in total. The molecule has 2 N–H and O–H groups in total. The molecular formula is C26H47NO6Si2. The molecule has 35 heavy (non-hydrogen) atoms. The van der Waals surface area contributed by atoms with Crippen molar-refractivity contribution in [3.05, 3.63) is 29.8 Å². The van der Waals surface area contributed by atoms with E-state index in [1.54, 1.807) is 12.0 Å². The number of amides is 1. The standard InChI is InChI=1S/C26H47NO6Si2/c1-25(2,3)34(8,9)32-17-20-23(33-35(10,11)26(4,5)6)21(28)22(29)24(30)27(20)16-18-12-14-19(31-7)15-13-18/h12-15,20-23,28-29H,16-17H2,1-11H3/t20-,21+,22-,23+/m0/s1. The molecular weight excluding hydrogens is 478 g/mol. The van der Waals surface area contributed by atoms with Crippen molar-refractivity contribution >= 4 is 22.5 Å². The predicted molar refractivity (Wildman–Crippen MR) is 145 cm³/mol. The Kier molecular flexibility index (Phi) is 9.11. The van der Waals surface area contributed by atoms with E-state index in [-0.39, 0.29) is 23.2 Å². The van der Waals surface area contributed by atoms with Gasteiger partial charge < -0.3 is 28.7 Å². The monoisotopic (exact) mass is 525 g/mol. The van der Waals surface area contributed by atoms with Crippen LogP contribution in [0.4, 0.5) is 0 Å². The zero-order valence-electron chi connectivity index (χ0n) is 23.5. The van der Waals surface area contributed by atoms with Crippen LogP contribution in [0, 0.1) is 0 Å². The maximum absolute atomic E-state index is 13.3. The van der Waals surface area contributed by atoms with Crippen LogP contribution in [-0.4, -0.2) is 75.7 Å². The summed E-state index contributed by atoms with van der Waals surface area (Å²) in [5, 5.41) is 21.7. The Hall–Kier alpha value is -1.24. The van der Waals surface area contributed by atoms with E-state index in [2.05, 4.69) is 67.7 Å². The minimum atomic E-state index is -2.34. The van der Waals surface area contributed by atoms with Gasteiger partial charge in [-0.2, -0.15) is 0 Å². The van der Waals surface area contributed by atoms with Gasteiger partial charge >= 0.3 is 0 Å². The fraction of sp³-hybridized carbons (Fsp3) is 0.731. The number of carbonyl (C=O) groups is 1. The number of piperidine rings is 1. The Bertz CT molecular complexity index is 860. The second-order valence-corrected chi connectivity index (χ2v) is 22.3. The van der Waals surface area contributed by atoms with Crippen molar-refractivity contribution in [2.75, 3.05) is 13.7 Å². The van der Waals surface area contributed by atoms with Crippen molar-refractivity contribution in [3.8, 4) is 5.75 Å². The molecule has 0 spiro atoms. The molecule has 0 aliphatic carbocycles. The Morgan fingerprint density at radius 1 is 0.914 bits per heavy atom. The highest BCUT2D eigenvalue weighted by Crippen LogP contribution is 2.41. The average Bonchev–Trinajstić information content (AvgIpc) is 2.73. The number of hydrogen-bond acceptors (Lipinski definition) is 6. The third-order valence-electron chi connectivity index (χ3n) is 8.15. The molecule has 200 valence electrons. The van der Waals surface area contributed by atoms with Gasteiger partial charge in [-0.3, -0.25) is 4.79 Å². The molecule has 1 aromatic carbocycles. The molecule has 1 amide bonds. The summed E-state index contributed by atoms with van der Waals surface area (Å²) in [4.78, 5) is 14.9. The summed E-state index contributed by atoms with van der Waals surface area (Å²) >= 11 is 0. The topological polar surface area (TPSA) is 88.5 Å². The van der Waals surface area contributed by atoms with Crippen LogP contribution in [0.3, 0.4) is 0 Å². The number of carbonyl (C=O) groups excluding carboxylic acids is 1. The third-order valence-corrected chi connectivity index (χ3v) is 17.1. The number of nitrogens with zero attached hydrogens (tertiary/aromatic N) is 1. The molecule has 1 heterocycles. The highest BCUT2D eigenvalue weighted by atomic mass is 28.4. The first-order valence-corrected chi connectivity index (χ1v) is 18.3. The predicted octanol–water partition coefficient (Wildman–Crippen LogP) is 4.54. The van der Waals surface area contributed by atoms with Crippen molar-refractivity contribution in [2.24, 2.45) is 0 Å². The number of hydrogen-bond donors (Lipinski definition) is 2. The molecule has 1 aliphatic rings. The molecule has 0 radical (unpaired) electrons. The number of methoxy groups -OCH3 is 1. The lowest BCUT2D eigenvalue weighted by molar-refractivity contribution is -0.177. The van der Waals surface area contributed by atoms with E-state index in [0.717, 1.165) is 11.3 Å². The number of aliphatic hydroxyl groups excluding tert-OH is 2. The van der Waals surface area contributed by atoms with E-state index in [1.165, 1.54) is 0 Å². The second kappa shape index (κ2) is 10.6. The summed E-state index contributed by atoms with van der Waals surface area (Å²) in [6.07, 6.45) is -3.63. The van der Waals surface area contributed by atoms with Crippen molar-refractivity contribution in [1.29, 1.82) is 0 Å². The van der Waals surface area contributed by atoms with E-state index in [0.29, 0.717) is 0 Å². The lowest BCUT2D eigenvalue weighted by atomic mass is 9.93. The average molecular weight is 526 g/mol. The van der Waals surface area contributed by atoms with Crippen molar-refractivity contribution in [1.82, 2.24) is 4.90 Å². The number of likely N-dealkylation sites (tertiary alicyclic amines) is 1. The van der Waals surface area contributed by atoms with E-state index < -0.39 is 46.9 Å². The first-order chi connectivity index (χ1) is 15.8. The first-order valence-electron chi connectivity index (χ1n) is 12.4. The molecule has 1 aromatic rings. The molecule has 1 fully saturated rings. The molecule has 0 unspecified atom stereocenters. The van der Waals surface area contributed by atoms with Crippen LogP contribution >= 0.6 is 0 Å². The minimum Gasteiger partial charge on any atom is -0.497 e. The van der Waals surface area contributed by atoms with E-state index in [9.17, 15) is 15.0 Å². The van der Waals surface area contributed by atoms with Crippen molar-refractivity contribution in [3.63, 3.8) is 0 Å². The Morgan fingerprint density at radius 3 is 1.89 bits per heavy atom. The van der Waals surface area contributed by atoms with Gasteiger partial charge in [0.25, 0.3) is 5.91 Å². The van der Waals surface area contributed by atoms with Gasteiger partial charge in [-0.15, -0.1) is 0 Å². The van der Waals surface area contributed by atoms with Crippen LogP contribution in [0.2, 0.25) is 36.3 Å². The molecule has 0 bridgehead atoms. The normalized spacial score (nSPS) is 24.6. The Labute approximate surface area is 214 Å². The van der Waals surface area contributed by atoms with Gasteiger partial charge in [0.1, 0.15) is 11.9 Å². The quantitative estimate of drug-likeness (QED) is 0.485. The van der Waals surface area contributed by atoms with Crippen LogP contribution in [0.1, 0.15) is 47.1 Å². The summed E-state index contributed by atoms with van der Waals surface area (Å²) in [7, 11) is -2.89. The largest absolute Gasteiger partial charge is 0.497 e. The number of ether oxygens (including phenoxy) is 1. The van der Waals surface area contributed by atoms with E-state index in [1.807, 2.05) is 24.3 Å². The fourth-order valence-electron chi connectivity index (χ4n) is 3.55. The summed E-state index contributed by atoms with van der Waals surface area (Å²) < 4.78 is 18.5. The number of rotatable bonds is 8. The van der Waals surface area contributed by atoms with Crippen LogP contribution in [-0.2, 0) is 20.2 Å². The summed E-state index contributed by atoms with van der Waals surface area (Å²) in [6, 6.07) is 6.96. The molecule has 0 saturated carbocycles. The Morgan fingerprint density at radius 2 is 1.43 bits per heavy atom. The highest BCUT2D eigenvalue weighted by molar-refractivity contribution is 6.74. The van der Waals surface area contributed by atoms with Gasteiger partial charge in [0, 0.05) is 6.54 Å². The highest BCUT2D eigenvalue weighted by Gasteiger charge is 2.52. The molecule has 1 aliphatic heterocycles. The maximum Gasteiger partial charge on any atom is 0.254 e. The lowest BCUT2D eigenvalue weighted by Gasteiger charge is -2.50. The minimum absolute atomic E-state index is 0.0135. The molecule has 4 atom stereocenters. The van der Waals surface area contributed by atoms with Gasteiger partial charge in [0.2, 0.25) is 0 Å². The van der Waals surface area contributed by atoms with Gasteiger partial charge in [-0.25, -0.2) is 0 Å². The molecule has 9 heteroatoms. The zero-order chi connectivity index (χ0) is 27.0.